The van der Waals surface area contributed by atoms with Crippen LogP contribution < -0.4 is 10.6 Å². The first-order valence-electron chi connectivity index (χ1n) is 7.26. The van der Waals surface area contributed by atoms with Crippen molar-refractivity contribution in [3.63, 3.8) is 0 Å². The maximum atomic E-state index is 14.0. The Morgan fingerprint density at radius 1 is 1.13 bits per heavy atom. The number of carbonyl (C=O) groups excluding carboxylic acids is 1. The molecule has 0 bridgehead atoms. The quantitative estimate of drug-likeness (QED) is 0.720. The molecule has 6 heteroatoms. The number of rotatable bonds is 6. The monoisotopic (exact) mass is 354 g/mol. The lowest BCUT2D eigenvalue weighted by Crippen LogP contribution is -2.12. The highest BCUT2D eigenvalue weighted by molar-refractivity contribution is 6.42. The van der Waals surface area contributed by atoms with Crippen LogP contribution in [0.1, 0.15) is 25.3 Å². The summed E-state index contributed by atoms with van der Waals surface area (Å²) < 4.78 is 14.0. The third-order valence-corrected chi connectivity index (χ3v) is 3.94. The molecule has 0 aliphatic heterocycles. The molecule has 2 rings (SSSR count). The fourth-order valence-corrected chi connectivity index (χ4v) is 2.32. The second-order valence-electron chi connectivity index (χ2n) is 5.09. The van der Waals surface area contributed by atoms with Crippen molar-refractivity contribution in [2.75, 3.05) is 10.6 Å². The Balaban J connectivity index is 1.99. The fraction of sp³-hybridized carbons (Fsp3) is 0.235. The van der Waals surface area contributed by atoms with Crippen LogP contribution >= 0.6 is 23.2 Å². The predicted molar refractivity (Wildman–Crippen MR) is 93.7 cm³/mol. The molecule has 3 nitrogen and oxygen atoms in total. The summed E-state index contributed by atoms with van der Waals surface area (Å²) in [7, 11) is 0. The summed E-state index contributed by atoms with van der Waals surface area (Å²) in [6, 6.07) is 9.92. The van der Waals surface area contributed by atoms with E-state index >= 15 is 0 Å². The minimum atomic E-state index is -0.456. The molecule has 0 aromatic heterocycles. The zero-order valence-corrected chi connectivity index (χ0v) is 14.1. The maximum Gasteiger partial charge on any atom is 0.224 e. The predicted octanol–water partition coefficient (Wildman–Crippen LogP) is 5.48. The molecule has 1 amide bonds. The highest BCUT2D eigenvalue weighted by Crippen LogP contribution is 2.25. The molecule has 2 aromatic rings. The number of carbonyl (C=O) groups is 1. The molecule has 0 heterocycles. The molecule has 0 fully saturated rings. The average molecular weight is 355 g/mol. The van der Waals surface area contributed by atoms with Crippen LogP contribution in [0.3, 0.4) is 0 Å². The molecule has 0 aliphatic carbocycles. The number of benzene rings is 2. The van der Waals surface area contributed by atoms with Gasteiger partial charge in [0.1, 0.15) is 5.82 Å². The fourth-order valence-electron chi connectivity index (χ4n) is 2.02. The minimum absolute atomic E-state index is 0.187. The lowest BCUT2D eigenvalue weighted by Gasteiger charge is -2.10. The lowest BCUT2D eigenvalue weighted by atomic mass is 10.2. The molecule has 0 atom stereocenters. The Morgan fingerprint density at radius 3 is 2.57 bits per heavy atom. The SMILES string of the molecule is CCCC(=O)Nc1ccc(CNc2ccc(Cl)c(Cl)c2)cc1F. The van der Waals surface area contributed by atoms with Crippen molar-refractivity contribution in [3.8, 4) is 0 Å². The Kier molecular flexibility index (Phi) is 6.25. The average Bonchev–Trinajstić information content (AvgIpc) is 2.51. The molecule has 0 aliphatic rings. The van der Waals surface area contributed by atoms with Gasteiger partial charge in [0.05, 0.1) is 15.7 Å². The van der Waals surface area contributed by atoms with Crippen molar-refractivity contribution < 1.29 is 9.18 Å². The Bertz CT molecular complexity index is 707. The van der Waals surface area contributed by atoms with Crippen LogP contribution in [-0.2, 0) is 11.3 Å². The number of hydrogen-bond donors (Lipinski definition) is 2. The van der Waals surface area contributed by atoms with Crippen LogP contribution in [0, 0.1) is 5.82 Å². The highest BCUT2D eigenvalue weighted by Gasteiger charge is 2.07. The summed E-state index contributed by atoms with van der Waals surface area (Å²) in [5.74, 6) is -0.643. The zero-order chi connectivity index (χ0) is 16.8. The van der Waals surface area contributed by atoms with E-state index in [1.54, 1.807) is 30.3 Å². The van der Waals surface area contributed by atoms with Gasteiger partial charge in [-0.25, -0.2) is 4.39 Å². The molecular weight excluding hydrogens is 338 g/mol. The first-order valence-corrected chi connectivity index (χ1v) is 8.02. The van der Waals surface area contributed by atoms with Crippen molar-refractivity contribution in [1.82, 2.24) is 0 Å². The zero-order valence-electron chi connectivity index (χ0n) is 12.6. The van der Waals surface area contributed by atoms with E-state index in [2.05, 4.69) is 10.6 Å². The van der Waals surface area contributed by atoms with Gasteiger partial charge in [-0.15, -0.1) is 0 Å². The van der Waals surface area contributed by atoms with E-state index in [9.17, 15) is 9.18 Å². The summed E-state index contributed by atoms with van der Waals surface area (Å²) in [5, 5.41) is 6.64. The van der Waals surface area contributed by atoms with Crippen LogP contribution in [0.15, 0.2) is 36.4 Å². The summed E-state index contributed by atoms with van der Waals surface area (Å²) in [6.07, 6.45) is 1.10. The molecule has 0 spiro atoms. The number of hydrogen-bond acceptors (Lipinski definition) is 2. The van der Waals surface area contributed by atoms with Crippen molar-refractivity contribution in [3.05, 3.63) is 57.8 Å². The van der Waals surface area contributed by atoms with E-state index in [0.717, 1.165) is 17.7 Å². The maximum absolute atomic E-state index is 14.0. The molecule has 0 saturated carbocycles. The van der Waals surface area contributed by atoms with Gasteiger partial charge in [-0.2, -0.15) is 0 Å². The van der Waals surface area contributed by atoms with E-state index in [-0.39, 0.29) is 11.6 Å². The topological polar surface area (TPSA) is 41.1 Å². The van der Waals surface area contributed by atoms with Crippen LogP contribution in [0.2, 0.25) is 10.0 Å². The van der Waals surface area contributed by atoms with Gasteiger partial charge >= 0.3 is 0 Å². The van der Waals surface area contributed by atoms with E-state index < -0.39 is 5.82 Å². The third kappa shape index (κ3) is 5.12. The lowest BCUT2D eigenvalue weighted by molar-refractivity contribution is -0.116. The highest BCUT2D eigenvalue weighted by atomic mass is 35.5. The Morgan fingerprint density at radius 2 is 1.91 bits per heavy atom. The van der Waals surface area contributed by atoms with Gasteiger partial charge < -0.3 is 10.6 Å². The van der Waals surface area contributed by atoms with Gasteiger partial charge in [0, 0.05) is 18.7 Å². The second kappa shape index (κ2) is 8.18. The Hall–Kier alpha value is -1.78. The van der Waals surface area contributed by atoms with Crippen LogP contribution in [0.5, 0.6) is 0 Å². The van der Waals surface area contributed by atoms with E-state index in [1.807, 2.05) is 6.92 Å². The molecular formula is C17H17Cl2FN2O. The molecule has 122 valence electrons. The summed E-state index contributed by atoms with van der Waals surface area (Å²) in [4.78, 5) is 11.5. The number of nitrogens with one attached hydrogen (secondary N) is 2. The van der Waals surface area contributed by atoms with Gasteiger partial charge in [0.15, 0.2) is 0 Å². The molecule has 2 N–H and O–H groups in total. The summed E-state index contributed by atoms with van der Waals surface area (Å²) >= 11 is 11.8. The van der Waals surface area contributed by atoms with E-state index in [0.29, 0.717) is 23.0 Å². The van der Waals surface area contributed by atoms with Crippen LogP contribution in [0.25, 0.3) is 0 Å². The van der Waals surface area contributed by atoms with Gasteiger partial charge in [-0.1, -0.05) is 36.2 Å². The van der Waals surface area contributed by atoms with Crippen molar-refractivity contribution in [2.24, 2.45) is 0 Å². The van der Waals surface area contributed by atoms with Gasteiger partial charge in [0.2, 0.25) is 5.91 Å². The van der Waals surface area contributed by atoms with Gasteiger partial charge in [0.25, 0.3) is 0 Å². The molecule has 23 heavy (non-hydrogen) atoms. The van der Waals surface area contributed by atoms with Crippen molar-refractivity contribution in [2.45, 2.75) is 26.3 Å². The van der Waals surface area contributed by atoms with E-state index in [4.69, 9.17) is 23.2 Å². The first kappa shape index (κ1) is 17.6. The molecule has 0 unspecified atom stereocenters. The molecule has 2 aromatic carbocycles. The molecule has 0 saturated heterocycles. The normalized spacial score (nSPS) is 10.4. The summed E-state index contributed by atoms with van der Waals surface area (Å²) in [6.45, 7) is 2.33. The number of anilines is 2. The smallest absolute Gasteiger partial charge is 0.224 e. The van der Waals surface area contributed by atoms with Crippen LogP contribution in [-0.4, -0.2) is 5.91 Å². The Labute approximate surface area is 144 Å². The first-order chi connectivity index (χ1) is 11.0. The number of halogens is 3. The minimum Gasteiger partial charge on any atom is -0.381 e. The van der Waals surface area contributed by atoms with Crippen molar-refractivity contribution in [1.29, 1.82) is 0 Å². The van der Waals surface area contributed by atoms with Crippen molar-refractivity contribution >= 4 is 40.5 Å². The molecule has 0 radical (unpaired) electrons. The second-order valence-corrected chi connectivity index (χ2v) is 5.91. The largest absolute Gasteiger partial charge is 0.381 e. The van der Waals surface area contributed by atoms with E-state index in [1.165, 1.54) is 6.07 Å². The summed E-state index contributed by atoms with van der Waals surface area (Å²) in [5.41, 5.74) is 1.74. The van der Waals surface area contributed by atoms with Gasteiger partial charge in [-0.3, -0.25) is 4.79 Å². The third-order valence-electron chi connectivity index (χ3n) is 3.20. The number of amides is 1. The standard InChI is InChI=1S/C17H17Cl2FN2O/c1-2-3-17(23)22-16-7-4-11(8-15(16)20)10-21-12-5-6-13(18)14(19)9-12/h4-9,21H,2-3,10H2,1H3,(H,22,23). The van der Waals surface area contributed by atoms with Crippen LogP contribution in [0.4, 0.5) is 15.8 Å². The van der Waals surface area contributed by atoms with Gasteiger partial charge in [-0.05, 0) is 42.3 Å².